The number of likely N-dealkylation sites (N-methyl/N-ethyl adjacent to an activating group) is 1. The Morgan fingerprint density at radius 2 is 2.05 bits per heavy atom. The molecular formula is C15H20FN3O. The highest BCUT2D eigenvalue weighted by Crippen LogP contribution is 2.28. The maximum atomic E-state index is 13.6. The number of halogens is 1. The lowest BCUT2D eigenvalue weighted by atomic mass is 9.95. The lowest BCUT2D eigenvalue weighted by Crippen LogP contribution is -2.49. The summed E-state index contributed by atoms with van der Waals surface area (Å²) in [6.45, 7) is 2.72. The first-order chi connectivity index (χ1) is 9.63. The van der Waals surface area contributed by atoms with Crippen molar-refractivity contribution < 1.29 is 9.18 Å². The first kappa shape index (κ1) is 13.4. The molecule has 2 amide bonds. The highest BCUT2D eigenvalue weighted by molar-refractivity contribution is 5.89. The normalized spacial score (nSPS) is 26.4. The molecule has 0 aromatic heterocycles. The van der Waals surface area contributed by atoms with Crippen LogP contribution >= 0.6 is 0 Å². The molecule has 1 aromatic rings. The van der Waals surface area contributed by atoms with Crippen molar-refractivity contribution in [2.24, 2.45) is 5.92 Å². The van der Waals surface area contributed by atoms with Crippen molar-refractivity contribution >= 4 is 11.7 Å². The molecule has 0 radical (unpaired) electrons. The summed E-state index contributed by atoms with van der Waals surface area (Å²) in [6.07, 6.45) is 2.22. The number of nitrogens with one attached hydrogen (secondary N) is 1. The van der Waals surface area contributed by atoms with Crippen LogP contribution in [0.15, 0.2) is 24.3 Å². The van der Waals surface area contributed by atoms with Gasteiger partial charge in [-0.3, -0.25) is 0 Å². The van der Waals surface area contributed by atoms with Crippen molar-refractivity contribution in [3.8, 4) is 0 Å². The first-order valence-corrected chi connectivity index (χ1v) is 7.14. The lowest BCUT2D eigenvalue weighted by molar-refractivity contribution is 0.152. The van der Waals surface area contributed by atoms with Crippen LogP contribution in [0.3, 0.4) is 0 Å². The maximum absolute atomic E-state index is 13.6. The van der Waals surface area contributed by atoms with Crippen molar-refractivity contribution in [3.05, 3.63) is 30.1 Å². The molecule has 3 saturated heterocycles. The fourth-order valence-electron chi connectivity index (χ4n) is 3.31. The lowest BCUT2D eigenvalue weighted by Gasteiger charge is -2.36. The summed E-state index contributed by atoms with van der Waals surface area (Å²) in [5.74, 6) is 0.142. The summed E-state index contributed by atoms with van der Waals surface area (Å²) in [4.78, 5) is 16.6. The summed E-state index contributed by atoms with van der Waals surface area (Å²) in [7, 11) is 2.10. The van der Waals surface area contributed by atoms with Gasteiger partial charge in [-0.25, -0.2) is 9.18 Å². The van der Waals surface area contributed by atoms with Crippen LogP contribution in [0.2, 0.25) is 0 Å². The Morgan fingerprint density at radius 1 is 1.25 bits per heavy atom. The van der Waals surface area contributed by atoms with E-state index in [1.54, 1.807) is 18.2 Å². The number of hydrogen-bond acceptors (Lipinski definition) is 2. The summed E-state index contributed by atoms with van der Waals surface area (Å²) >= 11 is 0. The third kappa shape index (κ3) is 2.63. The number of amides is 2. The molecule has 1 N–H and O–H groups in total. The molecule has 2 atom stereocenters. The minimum atomic E-state index is -0.391. The Labute approximate surface area is 118 Å². The second-order valence-corrected chi connectivity index (χ2v) is 5.88. The Bertz CT molecular complexity index is 508. The van der Waals surface area contributed by atoms with Crippen LogP contribution in [0.5, 0.6) is 0 Å². The fourth-order valence-corrected chi connectivity index (χ4v) is 3.31. The van der Waals surface area contributed by atoms with Gasteiger partial charge in [-0.1, -0.05) is 12.1 Å². The number of urea groups is 1. The van der Waals surface area contributed by atoms with Gasteiger partial charge in [0.15, 0.2) is 0 Å². The van der Waals surface area contributed by atoms with Crippen LogP contribution in [0.1, 0.15) is 12.8 Å². The van der Waals surface area contributed by atoms with E-state index < -0.39 is 5.82 Å². The predicted molar refractivity (Wildman–Crippen MR) is 76.1 cm³/mol. The number of fused-ring (bicyclic) bond motifs is 4. The molecule has 0 unspecified atom stereocenters. The predicted octanol–water partition coefficient (Wildman–Crippen LogP) is 2.38. The van der Waals surface area contributed by atoms with E-state index in [-0.39, 0.29) is 17.8 Å². The van der Waals surface area contributed by atoms with E-state index in [1.165, 1.54) is 12.5 Å². The number of carbonyl (C=O) groups excluding carboxylic acids is 1. The average Bonchev–Trinajstić information content (AvgIpc) is 2.70. The quantitative estimate of drug-likeness (QED) is 0.855. The van der Waals surface area contributed by atoms with E-state index in [2.05, 4.69) is 17.3 Å². The van der Waals surface area contributed by atoms with Crippen molar-refractivity contribution in [2.45, 2.75) is 18.9 Å². The topological polar surface area (TPSA) is 35.6 Å². The van der Waals surface area contributed by atoms with Crippen LogP contribution in [0.4, 0.5) is 14.9 Å². The van der Waals surface area contributed by atoms with Crippen LogP contribution < -0.4 is 5.32 Å². The standard InChI is InChI=1S/C15H20FN3O/c1-18-8-11-6-7-12(10-18)19(9-11)15(20)17-14-5-3-2-4-13(14)16/h2-5,11-12H,6-10H2,1H3,(H,17,20)/t11-,12+/m1/s1. The third-order valence-corrected chi connectivity index (χ3v) is 4.27. The van der Waals surface area contributed by atoms with Gasteiger partial charge in [-0.05, 0) is 37.9 Å². The monoisotopic (exact) mass is 277 g/mol. The largest absolute Gasteiger partial charge is 0.322 e. The summed E-state index contributed by atoms with van der Waals surface area (Å²) in [6, 6.07) is 6.35. The average molecular weight is 277 g/mol. The minimum absolute atomic E-state index is 0.180. The van der Waals surface area contributed by atoms with Gasteiger partial charge >= 0.3 is 6.03 Å². The third-order valence-electron chi connectivity index (χ3n) is 4.27. The van der Waals surface area contributed by atoms with Crippen LogP contribution in [0.25, 0.3) is 0 Å². The molecule has 5 heteroatoms. The van der Waals surface area contributed by atoms with Crippen LogP contribution in [-0.2, 0) is 0 Å². The number of hydrogen-bond donors (Lipinski definition) is 1. The maximum Gasteiger partial charge on any atom is 0.322 e. The Kier molecular flexibility index (Phi) is 3.61. The minimum Gasteiger partial charge on any atom is -0.320 e. The zero-order chi connectivity index (χ0) is 14.1. The molecule has 4 nitrogen and oxygen atoms in total. The van der Waals surface area contributed by atoms with Gasteiger partial charge in [0.25, 0.3) is 0 Å². The molecule has 3 aliphatic heterocycles. The fraction of sp³-hybridized carbons (Fsp3) is 0.533. The van der Waals surface area contributed by atoms with Gasteiger partial charge < -0.3 is 15.1 Å². The van der Waals surface area contributed by atoms with Crippen LogP contribution in [-0.4, -0.2) is 48.6 Å². The van der Waals surface area contributed by atoms with E-state index in [9.17, 15) is 9.18 Å². The number of rotatable bonds is 1. The molecule has 4 rings (SSSR count). The van der Waals surface area contributed by atoms with Gasteiger partial charge in [-0.2, -0.15) is 0 Å². The molecule has 0 saturated carbocycles. The second-order valence-electron chi connectivity index (χ2n) is 5.88. The molecule has 108 valence electrons. The molecule has 3 aliphatic rings. The Morgan fingerprint density at radius 3 is 2.85 bits per heavy atom. The molecule has 20 heavy (non-hydrogen) atoms. The molecule has 0 aliphatic carbocycles. The van der Waals surface area contributed by atoms with Crippen molar-refractivity contribution in [3.63, 3.8) is 0 Å². The van der Waals surface area contributed by atoms with Gasteiger partial charge in [0.1, 0.15) is 5.82 Å². The molecule has 3 heterocycles. The smallest absolute Gasteiger partial charge is 0.320 e. The number of anilines is 1. The van der Waals surface area contributed by atoms with E-state index in [0.717, 1.165) is 26.1 Å². The molecule has 1 aromatic carbocycles. The molecule has 3 fully saturated rings. The number of piperidine rings is 1. The summed E-state index contributed by atoms with van der Waals surface area (Å²) in [5.41, 5.74) is 0.256. The zero-order valence-electron chi connectivity index (χ0n) is 11.7. The van der Waals surface area contributed by atoms with Gasteiger partial charge in [0.05, 0.1) is 5.69 Å². The highest BCUT2D eigenvalue weighted by Gasteiger charge is 2.36. The van der Waals surface area contributed by atoms with Gasteiger partial charge in [-0.15, -0.1) is 0 Å². The summed E-state index contributed by atoms with van der Waals surface area (Å²) < 4.78 is 13.6. The Hall–Kier alpha value is -1.62. The Balaban J connectivity index is 1.73. The van der Waals surface area contributed by atoms with E-state index in [4.69, 9.17) is 0 Å². The van der Waals surface area contributed by atoms with Crippen molar-refractivity contribution in [1.29, 1.82) is 0 Å². The zero-order valence-corrected chi connectivity index (χ0v) is 11.7. The number of benzene rings is 1. The highest BCUT2D eigenvalue weighted by atomic mass is 19.1. The first-order valence-electron chi connectivity index (χ1n) is 7.14. The van der Waals surface area contributed by atoms with E-state index >= 15 is 0 Å². The number of para-hydroxylation sites is 1. The summed E-state index contributed by atoms with van der Waals surface area (Å²) in [5, 5.41) is 2.70. The van der Waals surface area contributed by atoms with Crippen LogP contribution in [0, 0.1) is 11.7 Å². The van der Waals surface area contributed by atoms with Crippen molar-refractivity contribution in [1.82, 2.24) is 9.80 Å². The molecule has 2 bridgehead atoms. The SMILES string of the molecule is CN1C[C@H]2CC[C@@H](C1)N(C(=O)Nc1ccccc1F)C2. The number of nitrogens with zero attached hydrogens (tertiary/aromatic N) is 2. The van der Waals surface area contributed by atoms with E-state index in [1.807, 2.05) is 4.90 Å². The van der Waals surface area contributed by atoms with E-state index in [0.29, 0.717) is 5.92 Å². The van der Waals surface area contributed by atoms with Gasteiger partial charge in [0.2, 0.25) is 0 Å². The molecular weight excluding hydrogens is 257 g/mol. The molecule has 0 spiro atoms. The van der Waals surface area contributed by atoms with Crippen molar-refractivity contribution in [2.75, 3.05) is 32.0 Å². The number of carbonyl (C=O) groups is 1. The van der Waals surface area contributed by atoms with Gasteiger partial charge in [0, 0.05) is 25.7 Å². The second kappa shape index (κ2) is 5.40.